The number of amides is 1. The average Bonchev–Trinajstić information content (AvgIpc) is 2.66. The number of carbonyl (C=O) groups is 1. The van der Waals surface area contributed by atoms with E-state index in [4.69, 9.17) is 4.74 Å². The van der Waals surface area contributed by atoms with Crippen molar-refractivity contribution in [1.82, 2.24) is 9.97 Å². The lowest BCUT2D eigenvalue weighted by atomic mass is 9.91. The van der Waals surface area contributed by atoms with E-state index in [1.54, 1.807) is 31.0 Å². The van der Waals surface area contributed by atoms with Crippen LogP contribution in [0.2, 0.25) is 0 Å². The predicted octanol–water partition coefficient (Wildman–Crippen LogP) is 1.46. The van der Waals surface area contributed by atoms with Crippen LogP contribution in [0.1, 0.15) is 24.7 Å². The van der Waals surface area contributed by atoms with Gasteiger partial charge >= 0.3 is 0 Å². The zero-order chi connectivity index (χ0) is 15.4. The van der Waals surface area contributed by atoms with Gasteiger partial charge in [0.15, 0.2) is 5.60 Å². The number of rotatable bonds is 2. The van der Waals surface area contributed by atoms with Crippen molar-refractivity contribution < 1.29 is 9.53 Å². The lowest BCUT2D eigenvalue weighted by Gasteiger charge is -2.24. The molecule has 3 rings (SSSR count). The molecule has 0 saturated heterocycles. The maximum absolute atomic E-state index is 12.6. The number of benzene rings is 1. The summed E-state index contributed by atoms with van der Waals surface area (Å²) >= 11 is 0. The third-order valence-electron chi connectivity index (χ3n) is 4.23. The lowest BCUT2D eigenvalue weighted by molar-refractivity contribution is -0.140. The van der Waals surface area contributed by atoms with Gasteiger partial charge in [-0.3, -0.25) is 9.59 Å². The monoisotopic (exact) mass is 287 g/mol. The van der Waals surface area contributed by atoms with Crippen molar-refractivity contribution in [3.63, 3.8) is 0 Å². The number of nitrogens with one attached hydrogen (secondary N) is 1. The Labute approximate surface area is 121 Å². The number of fused-ring (bicyclic) bond motifs is 2. The number of anilines is 1. The van der Waals surface area contributed by atoms with E-state index in [9.17, 15) is 9.59 Å². The van der Waals surface area contributed by atoms with Crippen LogP contribution in [0.25, 0.3) is 10.9 Å². The highest BCUT2D eigenvalue weighted by atomic mass is 16.5. The van der Waals surface area contributed by atoms with Crippen LogP contribution in [-0.4, -0.2) is 30.0 Å². The highest BCUT2D eigenvalue weighted by Crippen LogP contribution is 2.44. The van der Waals surface area contributed by atoms with E-state index in [1.165, 1.54) is 7.11 Å². The van der Waals surface area contributed by atoms with Crippen LogP contribution in [0.3, 0.4) is 0 Å². The summed E-state index contributed by atoms with van der Waals surface area (Å²) in [7, 11) is 3.23. The SMILES string of the molecule is CCC1(OC)C(=O)N(C)c2cc3c(=O)[nH]c(C)nc3cc21. The molecule has 0 spiro atoms. The number of hydrogen-bond acceptors (Lipinski definition) is 4. The minimum absolute atomic E-state index is 0.119. The summed E-state index contributed by atoms with van der Waals surface area (Å²) in [6.07, 6.45) is 0.521. The van der Waals surface area contributed by atoms with E-state index in [2.05, 4.69) is 9.97 Å². The van der Waals surface area contributed by atoms with E-state index < -0.39 is 5.60 Å². The largest absolute Gasteiger partial charge is 0.364 e. The summed E-state index contributed by atoms with van der Waals surface area (Å²) in [6.45, 7) is 3.64. The normalized spacial score (nSPS) is 21.1. The second-order valence-corrected chi connectivity index (χ2v) is 5.29. The Bertz CT molecular complexity index is 806. The van der Waals surface area contributed by atoms with Gasteiger partial charge in [0.05, 0.1) is 16.6 Å². The third-order valence-corrected chi connectivity index (χ3v) is 4.23. The van der Waals surface area contributed by atoms with Crippen molar-refractivity contribution in [3.8, 4) is 0 Å². The number of nitrogens with zero attached hydrogens (tertiary/aromatic N) is 2. The molecule has 0 fully saturated rings. The molecule has 0 saturated carbocycles. The van der Waals surface area contributed by atoms with Gasteiger partial charge in [0.2, 0.25) is 0 Å². The van der Waals surface area contributed by atoms with Crippen LogP contribution >= 0.6 is 0 Å². The molecule has 6 heteroatoms. The van der Waals surface area contributed by atoms with E-state index in [1.807, 2.05) is 6.92 Å². The number of aryl methyl sites for hydroxylation is 1. The molecule has 0 aliphatic carbocycles. The van der Waals surface area contributed by atoms with Crippen molar-refractivity contribution in [2.75, 3.05) is 19.1 Å². The number of carbonyl (C=O) groups excluding carboxylic acids is 1. The van der Waals surface area contributed by atoms with Gasteiger partial charge in [-0.15, -0.1) is 0 Å². The Balaban J connectivity index is 2.41. The standard InChI is InChI=1S/C15H17N3O3/c1-5-15(21-4)10-7-11-9(13(19)17-8(2)16-11)6-12(10)18(3)14(15)20/h6-7H,5H2,1-4H3,(H,16,17,19). The molecule has 1 unspecified atom stereocenters. The number of likely N-dealkylation sites (N-methyl/N-ethyl adjacent to an activating group) is 1. The molecule has 1 atom stereocenters. The molecular weight excluding hydrogens is 270 g/mol. The number of aromatic amines is 1. The molecule has 2 heterocycles. The second kappa shape index (κ2) is 4.39. The van der Waals surface area contributed by atoms with Crippen molar-refractivity contribution in [2.45, 2.75) is 25.9 Å². The Morgan fingerprint density at radius 2 is 2.10 bits per heavy atom. The topological polar surface area (TPSA) is 75.3 Å². The smallest absolute Gasteiger partial charge is 0.263 e. The van der Waals surface area contributed by atoms with Crippen LogP contribution in [0, 0.1) is 6.92 Å². The Hall–Kier alpha value is -2.21. The molecule has 1 aromatic carbocycles. The van der Waals surface area contributed by atoms with E-state index in [0.717, 1.165) is 5.56 Å². The molecule has 2 aromatic rings. The summed E-state index contributed by atoms with van der Waals surface area (Å²) in [5, 5.41) is 0.474. The first kappa shape index (κ1) is 13.8. The number of aromatic nitrogens is 2. The molecule has 0 bridgehead atoms. The van der Waals surface area contributed by atoms with Crippen molar-refractivity contribution in [2.24, 2.45) is 0 Å². The Morgan fingerprint density at radius 1 is 1.38 bits per heavy atom. The third kappa shape index (κ3) is 1.65. The fourth-order valence-corrected chi connectivity index (χ4v) is 3.07. The van der Waals surface area contributed by atoms with Crippen molar-refractivity contribution in [3.05, 3.63) is 33.9 Å². The molecule has 21 heavy (non-hydrogen) atoms. The zero-order valence-electron chi connectivity index (χ0n) is 12.5. The highest BCUT2D eigenvalue weighted by molar-refractivity contribution is 6.08. The molecule has 1 aliphatic heterocycles. The van der Waals surface area contributed by atoms with Gasteiger partial charge in [-0.2, -0.15) is 0 Å². The number of H-pyrrole nitrogens is 1. The van der Waals surface area contributed by atoms with Crippen LogP contribution < -0.4 is 10.5 Å². The van der Waals surface area contributed by atoms with Crippen molar-refractivity contribution >= 4 is 22.5 Å². The maximum atomic E-state index is 12.6. The summed E-state index contributed by atoms with van der Waals surface area (Å²) in [6, 6.07) is 3.51. The second-order valence-electron chi connectivity index (χ2n) is 5.29. The Kier molecular flexibility index (Phi) is 2.88. The first-order valence-corrected chi connectivity index (χ1v) is 6.83. The van der Waals surface area contributed by atoms with E-state index in [-0.39, 0.29) is 11.5 Å². The molecule has 110 valence electrons. The summed E-state index contributed by atoms with van der Waals surface area (Å²) in [5.41, 5.74) is 0.856. The quantitative estimate of drug-likeness (QED) is 0.907. The van der Waals surface area contributed by atoms with E-state index in [0.29, 0.717) is 28.8 Å². The minimum atomic E-state index is -0.990. The molecular formula is C15H17N3O3. The molecule has 1 N–H and O–H groups in total. The first-order valence-electron chi connectivity index (χ1n) is 6.83. The molecule has 1 amide bonds. The zero-order valence-corrected chi connectivity index (χ0v) is 12.5. The van der Waals surface area contributed by atoms with Gasteiger partial charge in [0, 0.05) is 19.7 Å². The number of ether oxygens (including phenoxy) is 1. The molecule has 1 aromatic heterocycles. The number of methoxy groups -OCH3 is 1. The van der Waals surface area contributed by atoms with Gasteiger partial charge in [-0.05, 0) is 25.5 Å². The molecule has 6 nitrogen and oxygen atoms in total. The highest BCUT2D eigenvalue weighted by Gasteiger charge is 2.49. The van der Waals surface area contributed by atoms with Gasteiger partial charge in [0.25, 0.3) is 11.5 Å². The van der Waals surface area contributed by atoms with Gasteiger partial charge < -0.3 is 14.6 Å². The molecule has 1 aliphatic rings. The fraction of sp³-hybridized carbons (Fsp3) is 0.400. The molecule has 0 radical (unpaired) electrons. The van der Waals surface area contributed by atoms with Gasteiger partial charge in [0.1, 0.15) is 5.82 Å². The lowest BCUT2D eigenvalue weighted by Crippen LogP contribution is -2.39. The van der Waals surface area contributed by atoms with Crippen LogP contribution in [0.5, 0.6) is 0 Å². The van der Waals surface area contributed by atoms with Crippen LogP contribution in [0.15, 0.2) is 16.9 Å². The van der Waals surface area contributed by atoms with Crippen LogP contribution in [0.4, 0.5) is 5.69 Å². The fourth-order valence-electron chi connectivity index (χ4n) is 3.07. The summed E-state index contributed by atoms with van der Waals surface area (Å²) in [4.78, 5) is 33.2. The maximum Gasteiger partial charge on any atom is 0.263 e. The van der Waals surface area contributed by atoms with Gasteiger partial charge in [-0.1, -0.05) is 6.92 Å². The summed E-state index contributed by atoms with van der Waals surface area (Å²) < 4.78 is 5.56. The predicted molar refractivity (Wildman–Crippen MR) is 79.5 cm³/mol. The summed E-state index contributed by atoms with van der Waals surface area (Å²) in [5.74, 6) is 0.426. The first-order chi connectivity index (χ1) is 9.94. The Morgan fingerprint density at radius 3 is 2.71 bits per heavy atom. The average molecular weight is 287 g/mol. The number of hydrogen-bond donors (Lipinski definition) is 1. The van der Waals surface area contributed by atoms with Crippen LogP contribution in [-0.2, 0) is 15.1 Å². The van der Waals surface area contributed by atoms with E-state index >= 15 is 0 Å². The van der Waals surface area contributed by atoms with Gasteiger partial charge in [-0.25, -0.2) is 4.98 Å². The minimum Gasteiger partial charge on any atom is -0.364 e. The van der Waals surface area contributed by atoms with Crippen molar-refractivity contribution in [1.29, 1.82) is 0 Å².